The molecule has 3 atom stereocenters. The number of aromatic nitrogens is 1. The third-order valence-electron chi connectivity index (χ3n) is 7.23. The number of fused-ring (bicyclic) bond motifs is 1. The number of halogens is 1. The molecule has 0 bridgehead atoms. The predicted octanol–water partition coefficient (Wildman–Crippen LogP) is 3.20. The van der Waals surface area contributed by atoms with Gasteiger partial charge in [0.2, 0.25) is 11.8 Å². The lowest BCUT2D eigenvalue weighted by Gasteiger charge is -2.34. The normalized spacial score (nSPS) is 17.5. The summed E-state index contributed by atoms with van der Waals surface area (Å²) >= 11 is 0. The molecule has 3 rings (SSSR count). The maximum Gasteiger partial charge on any atom is 0.322 e. The van der Waals surface area contributed by atoms with Gasteiger partial charge in [-0.2, -0.15) is 0 Å². The van der Waals surface area contributed by atoms with E-state index in [1.54, 1.807) is 45.9 Å². The van der Waals surface area contributed by atoms with Crippen molar-refractivity contribution in [1.29, 1.82) is 0 Å². The summed E-state index contributed by atoms with van der Waals surface area (Å²) in [6.45, 7) is 10.6. The maximum atomic E-state index is 15.2. The van der Waals surface area contributed by atoms with E-state index in [0.29, 0.717) is 36.8 Å². The van der Waals surface area contributed by atoms with E-state index in [0.717, 1.165) is 5.69 Å². The summed E-state index contributed by atoms with van der Waals surface area (Å²) in [5.41, 5.74) is 2.93. The van der Waals surface area contributed by atoms with E-state index in [1.165, 1.54) is 18.0 Å². The van der Waals surface area contributed by atoms with Crippen LogP contribution >= 0.6 is 0 Å². The first-order valence-electron chi connectivity index (χ1n) is 13.9. The molecule has 3 amide bonds. The highest BCUT2D eigenvalue weighted by atomic mass is 19.1. The highest BCUT2D eigenvalue weighted by molar-refractivity contribution is 5.94. The molecule has 1 unspecified atom stereocenters. The first-order valence-corrected chi connectivity index (χ1v) is 13.9. The third kappa shape index (κ3) is 7.66. The van der Waals surface area contributed by atoms with E-state index in [4.69, 9.17) is 0 Å². The van der Waals surface area contributed by atoms with Gasteiger partial charge in [-0.15, -0.1) is 0 Å². The van der Waals surface area contributed by atoms with Crippen molar-refractivity contribution in [2.24, 2.45) is 11.3 Å². The fourth-order valence-electron chi connectivity index (χ4n) is 4.49. The Bertz CT molecular complexity index is 1340. The summed E-state index contributed by atoms with van der Waals surface area (Å²) in [6, 6.07) is 4.33. The van der Waals surface area contributed by atoms with Gasteiger partial charge in [-0.25, -0.2) is 14.8 Å². The van der Waals surface area contributed by atoms with Crippen LogP contribution in [0.25, 0.3) is 17.0 Å². The second-order valence-corrected chi connectivity index (χ2v) is 11.3. The number of amides is 3. The van der Waals surface area contributed by atoms with Crippen molar-refractivity contribution in [2.45, 2.75) is 78.9 Å². The lowest BCUT2D eigenvalue weighted by molar-refractivity contribution is -0.148. The molecule has 1 aliphatic heterocycles. The fraction of sp³-hybridized carbons (Fsp3) is 0.500. The zero-order valence-electron chi connectivity index (χ0n) is 24.5. The van der Waals surface area contributed by atoms with Crippen LogP contribution in [0, 0.1) is 17.2 Å². The lowest BCUT2D eigenvalue weighted by Crippen LogP contribution is -2.61. The van der Waals surface area contributed by atoms with E-state index in [9.17, 15) is 24.3 Å². The number of hydrazine groups is 1. The number of hydrogen-bond donors (Lipinski definition) is 4. The number of carboxylic acids is 1. The first kappa shape index (κ1) is 31.7. The second kappa shape index (κ2) is 13.2. The zero-order chi connectivity index (χ0) is 30.5. The van der Waals surface area contributed by atoms with E-state index in [2.05, 4.69) is 21.0 Å². The fourth-order valence-corrected chi connectivity index (χ4v) is 4.49. The van der Waals surface area contributed by atoms with Crippen molar-refractivity contribution in [2.75, 3.05) is 6.54 Å². The van der Waals surface area contributed by atoms with Crippen molar-refractivity contribution >= 4 is 40.7 Å². The Morgan fingerprint density at radius 2 is 1.85 bits per heavy atom. The molecular formula is C30H40FN5O5. The number of carboxylic acid groups (broad SMARTS) is 1. The van der Waals surface area contributed by atoms with Gasteiger partial charge in [0.05, 0.1) is 5.41 Å². The number of nitrogens with zero attached hydrogens (tertiary/aromatic N) is 2. The molecule has 10 nitrogen and oxygen atoms in total. The number of carbonyl (C=O) groups is 4. The minimum atomic E-state index is -1.10. The molecule has 41 heavy (non-hydrogen) atoms. The number of pyridine rings is 1. The topological polar surface area (TPSA) is 141 Å². The highest BCUT2D eigenvalue weighted by Crippen LogP contribution is 2.25. The summed E-state index contributed by atoms with van der Waals surface area (Å²) in [4.78, 5) is 55.0. The molecule has 2 aromatic rings. The van der Waals surface area contributed by atoms with Gasteiger partial charge in [-0.1, -0.05) is 51.1 Å². The summed E-state index contributed by atoms with van der Waals surface area (Å²) < 4.78 is 15.2. The van der Waals surface area contributed by atoms with Crippen LogP contribution in [0.5, 0.6) is 0 Å². The number of aliphatic carboxylic acids is 1. The van der Waals surface area contributed by atoms with E-state index in [1.807, 2.05) is 19.1 Å². The van der Waals surface area contributed by atoms with Crippen LogP contribution in [0.1, 0.15) is 65.6 Å². The molecule has 1 aromatic carbocycles. The predicted molar refractivity (Wildman–Crippen MR) is 154 cm³/mol. The van der Waals surface area contributed by atoms with Crippen molar-refractivity contribution in [3.8, 4) is 0 Å². The van der Waals surface area contributed by atoms with Crippen LogP contribution in [0.3, 0.4) is 0 Å². The Kier molecular flexibility index (Phi) is 10.2. The van der Waals surface area contributed by atoms with Gasteiger partial charge in [0.1, 0.15) is 23.6 Å². The number of rotatable bonds is 10. The van der Waals surface area contributed by atoms with Crippen LogP contribution in [-0.2, 0) is 25.6 Å². The number of benzene rings is 1. The standard InChI is InChI=1S/C30H40FN5O5/c1-7-21-13-12-20-11-10-19(23(31)25(20)33-21)14-15-30(5,6)29(41)34-24(17(2)3)26(37)32-18(4)27(38)36-16-8-9-22(35-36)28(39)40/h10-15,17-18,22,24,35H,7-9,16H2,1-6H3,(H,32,37)(H,34,41)(H,39,40)/b15-14+/t18?,22-,24-/m0/s1. The van der Waals surface area contributed by atoms with Gasteiger partial charge in [0, 0.05) is 23.2 Å². The van der Waals surface area contributed by atoms with Crippen LogP contribution in [0.4, 0.5) is 4.39 Å². The molecular weight excluding hydrogens is 529 g/mol. The summed E-state index contributed by atoms with van der Waals surface area (Å²) in [5, 5.41) is 16.6. The second-order valence-electron chi connectivity index (χ2n) is 11.3. The Balaban J connectivity index is 1.68. The molecule has 0 aliphatic carbocycles. The van der Waals surface area contributed by atoms with Crippen molar-refractivity contribution in [3.63, 3.8) is 0 Å². The van der Waals surface area contributed by atoms with Crippen molar-refractivity contribution in [1.82, 2.24) is 26.1 Å². The molecule has 0 saturated carbocycles. The molecule has 0 spiro atoms. The van der Waals surface area contributed by atoms with Crippen LogP contribution in [0.15, 0.2) is 30.3 Å². The molecule has 1 saturated heterocycles. The van der Waals surface area contributed by atoms with Gasteiger partial charge < -0.3 is 15.7 Å². The summed E-state index contributed by atoms with van der Waals surface area (Å²) in [5.74, 6) is -3.29. The highest BCUT2D eigenvalue weighted by Gasteiger charge is 2.34. The van der Waals surface area contributed by atoms with Gasteiger partial charge in [-0.3, -0.25) is 24.2 Å². The molecule has 2 heterocycles. The SMILES string of the molecule is CCc1ccc2ccc(/C=C/C(C)(C)C(=O)N[C@H](C(=O)NC(C)C(=O)N3CCC[C@@H](C(=O)O)N3)C(C)C)c(F)c2n1. The van der Waals surface area contributed by atoms with Gasteiger partial charge in [0.25, 0.3) is 5.91 Å². The molecule has 4 N–H and O–H groups in total. The lowest BCUT2D eigenvalue weighted by atomic mass is 9.89. The van der Waals surface area contributed by atoms with E-state index in [-0.39, 0.29) is 11.4 Å². The van der Waals surface area contributed by atoms with Crippen molar-refractivity contribution in [3.05, 3.63) is 47.4 Å². The minimum absolute atomic E-state index is 0.271. The number of aryl methyl sites for hydroxylation is 1. The number of carbonyl (C=O) groups excluding carboxylic acids is 3. The molecule has 222 valence electrons. The Labute approximate surface area is 239 Å². The third-order valence-corrected chi connectivity index (χ3v) is 7.23. The van der Waals surface area contributed by atoms with Crippen LogP contribution < -0.4 is 16.1 Å². The van der Waals surface area contributed by atoms with Crippen LogP contribution in [-0.4, -0.2) is 63.5 Å². The summed E-state index contributed by atoms with van der Waals surface area (Å²) in [6.07, 6.45) is 4.72. The minimum Gasteiger partial charge on any atom is -0.480 e. The molecule has 1 fully saturated rings. The molecule has 1 aliphatic rings. The van der Waals surface area contributed by atoms with Crippen molar-refractivity contribution < 1.29 is 28.7 Å². The zero-order valence-corrected chi connectivity index (χ0v) is 24.5. The molecule has 11 heteroatoms. The van der Waals surface area contributed by atoms with Gasteiger partial charge in [0.15, 0.2) is 5.82 Å². The maximum absolute atomic E-state index is 15.2. The number of hydrogen-bond acceptors (Lipinski definition) is 6. The average Bonchev–Trinajstić information content (AvgIpc) is 2.94. The van der Waals surface area contributed by atoms with Gasteiger partial charge in [-0.05, 0) is 52.0 Å². The largest absolute Gasteiger partial charge is 0.480 e. The summed E-state index contributed by atoms with van der Waals surface area (Å²) in [7, 11) is 0. The smallest absolute Gasteiger partial charge is 0.322 e. The average molecular weight is 570 g/mol. The Morgan fingerprint density at radius 3 is 2.49 bits per heavy atom. The van der Waals surface area contributed by atoms with Gasteiger partial charge >= 0.3 is 5.97 Å². The first-order chi connectivity index (χ1) is 19.2. The van der Waals surface area contributed by atoms with Crippen LogP contribution in [0.2, 0.25) is 0 Å². The molecule has 0 radical (unpaired) electrons. The van der Waals surface area contributed by atoms with E-state index < -0.39 is 53.0 Å². The Morgan fingerprint density at radius 1 is 1.17 bits per heavy atom. The quantitative estimate of drug-likeness (QED) is 0.344. The van der Waals surface area contributed by atoms with E-state index >= 15 is 4.39 Å². The molecule has 1 aromatic heterocycles. The number of nitrogens with one attached hydrogen (secondary N) is 3. The monoisotopic (exact) mass is 569 g/mol. The Hall–Kier alpha value is -3.86.